The molecule has 0 unspecified atom stereocenters. The van der Waals surface area contributed by atoms with Crippen molar-refractivity contribution in [2.75, 3.05) is 33.3 Å². The van der Waals surface area contributed by atoms with Crippen LogP contribution in [-0.2, 0) is 10.0 Å². The van der Waals surface area contributed by atoms with Gasteiger partial charge in [0.05, 0.1) is 12.0 Å². The molecule has 1 amide bonds. The molecule has 1 aliphatic rings. The molecular formula is C22H21FN2O5S. The van der Waals surface area contributed by atoms with Gasteiger partial charge < -0.3 is 14.1 Å². The van der Waals surface area contributed by atoms with Crippen LogP contribution in [0.5, 0.6) is 5.75 Å². The first-order valence-corrected chi connectivity index (χ1v) is 11.1. The maximum Gasteiger partial charge on any atom is 0.289 e. The molecule has 1 aliphatic heterocycles. The second-order valence-electron chi connectivity index (χ2n) is 7.04. The third-order valence-corrected chi connectivity index (χ3v) is 7.08. The van der Waals surface area contributed by atoms with Gasteiger partial charge in [-0.2, -0.15) is 4.31 Å². The number of carbonyl (C=O) groups excluding carboxylic acids is 1. The lowest BCUT2D eigenvalue weighted by Gasteiger charge is -2.33. The van der Waals surface area contributed by atoms with Crippen molar-refractivity contribution in [2.45, 2.75) is 4.90 Å². The van der Waals surface area contributed by atoms with Gasteiger partial charge in [-0.15, -0.1) is 0 Å². The highest BCUT2D eigenvalue weighted by Gasteiger charge is 2.31. The molecule has 0 atom stereocenters. The van der Waals surface area contributed by atoms with Crippen molar-refractivity contribution in [3.63, 3.8) is 0 Å². The minimum Gasteiger partial charge on any atom is -0.497 e. The summed E-state index contributed by atoms with van der Waals surface area (Å²) in [7, 11) is -2.14. The Morgan fingerprint density at radius 3 is 2.19 bits per heavy atom. The zero-order valence-corrected chi connectivity index (χ0v) is 17.6. The van der Waals surface area contributed by atoms with Gasteiger partial charge in [-0.1, -0.05) is 0 Å². The first-order valence-electron chi connectivity index (χ1n) is 9.68. The highest BCUT2D eigenvalue weighted by Crippen LogP contribution is 2.25. The number of furan rings is 1. The van der Waals surface area contributed by atoms with Crippen LogP contribution in [0.2, 0.25) is 0 Å². The zero-order valence-electron chi connectivity index (χ0n) is 16.8. The Balaban J connectivity index is 1.41. The number of ether oxygens (including phenoxy) is 1. The average Bonchev–Trinajstić information content (AvgIpc) is 3.29. The summed E-state index contributed by atoms with van der Waals surface area (Å²) in [6.45, 7) is 0.874. The third-order valence-electron chi connectivity index (χ3n) is 5.17. The Bertz CT molecular complexity index is 1170. The van der Waals surface area contributed by atoms with Crippen LogP contribution in [0.1, 0.15) is 10.6 Å². The van der Waals surface area contributed by atoms with Crippen LogP contribution in [-0.4, -0.2) is 56.8 Å². The van der Waals surface area contributed by atoms with Crippen LogP contribution >= 0.6 is 0 Å². The molecule has 1 fully saturated rings. The van der Waals surface area contributed by atoms with E-state index in [0.29, 0.717) is 17.1 Å². The van der Waals surface area contributed by atoms with Gasteiger partial charge in [-0.3, -0.25) is 4.79 Å². The minimum absolute atomic E-state index is 0.158. The summed E-state index contributed by atoms with van der Waals surface area (Å²) in [6, 6.07) is 15.2. The number of methoxy groups -OCH3 is 1. The number of amides is 1. The first kappa shape index (κ1) is 21.1. The molecule has 1 saturated heterocycles. The van der Waals surface area contributed by atoms with Crippen molar-refractivity contribution in [3.8, 4) is 17.1 Å². The maximum atomic E-state index is 13.1. The molecule has 1 aromatic heterocycles. The predicted octanol–water partition coefficient (Wildman–Crippen LogP) is 3.24. The average molecular weight is 444 g/mol. The molecule has 3 aromatic rings. The minimum atomic E-state index is -3.65. The molecule has 0 spiro atoms. The summed E-state index contributed by atoms with van der Waals surface area (Å²) >= 11 is 0. The Kier molecular flexibility index (Phi) is 5.79. The third kappa shape index (κ3) is 4.33. The Morgan fingerprint density at radius 2 is 1.58 bits per heavy atom. The van der Waals surface area contributed by atoms with E-state index in [1.165, 1.54) is 35.7 Å². The fourth-order valence-electron chi connectivity index (χ4n) is 3.41. The number of piperazine rings is 1. The standard InChI is InChI=1S/C22H21FN2O5S/c1-29-18-6-8-19(9-7-18)31(27,28)25-14-12-24(13-15-25)22(26)21-11-10-20(30-21)16-2-4-17(23)5-3-16/h2-11H,12-15H2,1H3. The number of hydrogen-bond donors (Lipinski definition) is 0. The van der Waals surface area contributed by atoms with E-state index in [4.69, 9.17) is 9.15 Å². The molecule has 9 heteroatoms. The summed E-state index contributed by atoms with van der Waals surface area (Å²) in [5.74, 6) is 0.534. The van der Waals surface area contributed by atoms with Crippen molar-refractivity contribution < 1.29 is 26.8 Å². The van der Waals surface area contributed by atoms with E-state index >= 15 is 0 Å². The van der Waals surface area contributed by atoms with Gasteiger partial charge in [0.15, 0.2) is 5.76 Å². The lowest BCUT2D eigenvalue weighted by atomic mass is 10.2. The monoisotopic (exact) mass is 444 g/mol. The van der Waals surface area contributed by atoms with E-state index in [1.807, 2.05) is 0 Å². The number of benzene rings is 2. The molecule has 0 saturated carbocycles. The number of hydrogen-bond acceptors (Lipinski definition) is 5. The van der Waals surface area contributed by atoms with Gasteiger partial charge in [0, 0.05) is 31.7 Å². The highest BCUT2D eigenvalue weighted by molar-refractivity contribution is 7.89. The van der Waals surface area contributed by atoms with Crippen LogP contribution in [0, 0.1) is 5.82 Å². The number of carbonyl (C=O) groups is 1. The predicted molar refractivity (Wildman–Crippen MR) is 112 cm³/mol. The molecule has 7 nitrogen and oxygen atoms in total. The van der Waals surface area contributed by atoms with E-state index in [0.717, 1.165) is 0 Å². The van der Waals surface area contributed by atoms with Gasteiger partial charge in [-0.05, 0) is 60.7 Å². The molecule has 0 N–H and O–H groups in total. The summed E-state index contributed by atoms with van der Waals surface area (Å²) in [6.07, 6.45) is 0. The lowest BCUT2D eigenvalue weighted by molar-refractivity contribution is 0.0667. The van der Waals surface area contributed by atoms with E-state index in [9.17, 15) is 17.6 Å². The molecule has 2 aromatic carbocycles. The summed E-state index contributed by atoms with van der Waals surface area (Å²) in [4.78, 5) is 14.5. The van der Waals surface area contributed by atoms with Crippen LogP contribution in [0.15, 0.2) is 70.0 Å². The van der Waals surface area contributed by atoms with Crippen LogP contribution in [0.25, 0.3) is 11.3 Å². The molecule has 31 heavy (non-hydrogen) atoms. The van der Waals surface area contributed by atoms with Gasteiger partial charge in [0.25, 0.3) is 5.91 Å². The fraction of sp³-hybridized carbons (Fsp3) is 0.227. The molecule has 4 rings (SSSR count). The second-order valence-corrected chi connectivity index (χ2v) is 8.98. The molecule has 0 radical (unpaired) electrons. The van der Waals surface area contributed by atoms with Crippen molar-refractivity contribution in [1.82, 2.24) is 9.21 Å². The van der Waals surface area contributed by atoms with Crippen LogP contribution in [0.4, 0.5) is 4.39 Å². The first-order chi connectivity index (χ1) is 14.9. The summed E-state index contributed by atoms with van der Waals surface area (Å²) < 4.78 is 50.9. The van der Waals surface area contributed by atoms with E-state index < -0.39 is 10.0 Å². The van der Waals surface area contributed by atoms with E-state index in [1.54, 1.807) is 41.3 Å². The SMILES string of the molecule is COc1ccc(S(=O)(=O)N2CCN(C(=O)c3ccc(-c4ccc(F)cc4)o3)CC2)cc1. The van der Waals surface area contributed by atoms with E-state index in [-0.39, 0.29) is 48.6 Å². The Hall–Kier alpha value is -3.17. The second kappa shape index (κ2) is 8.52. The Morgan fingerprint density at radius 1 is 0.935 bits per heavy atom. The Labute approximate surface area is 179 Å². The van der Waals surface area contributed by atoms with Gasteiger partial charge >= 0.3 is 0 Å². The van der Waals surface area contributed by atoms with Crippen molar-refractivity contribution in [2.24, 2.45) is 0 Å². The number of halogens is 1. The van der Waals surface area contributed by atoms with Crippen molar-refractivity contribution in [3.05, 3.63) is 72.2 Å². The largest absolute Gasteiger partial charge is 0.497 e. The molecule has 0 aliphatic carbocycles. The summed E-state index contributed by atoms with van der Waals surface area (Å²) in [5.41, 5.74) is 0.663. The quantitative estimate of drug-likeness (QED) is 0.604. The maximum absolute atomic E-state index is 13.1. The molecule has 162 valence electrons. The van der Waals surface area contributed by atoms with Crippen LogP contribution in [0.3, 0.4) is 0 Å². The van der Waals surface area contributed by atoms with E-state index in [2.05, 4.69) is 0 Å². The zero-order chi connectivity index (χ0) is 22.0. The highest BCUT2D eigenvalue weighted by atomic mass is 32.2. The number of rotatable bonds is 5. The van der Waals surface area contributed by atoms with Crippen molar-refractivity contribution in [1.29, 1.82) is 0 Å². The fourth-order valence-corrected chi connectivity index (χ4v) is 4.83. The van der Waals surface area contributed by atoms with Gasteiger partial charge in [0.2, 0.25) is 10.0 Å². The van der Waals surface area contributed by atoms with Gasteiger partial charge in [0.1, 0.15) is 17.3 Å². The normalized spacial score (nSPS) is 15.1. The molecular weight excluding hydrogens is 423 g/mol. The molecule has 0 bridgehead atoms. The lowest BCUT2D eigenvalue weighted by Crippen LogP contribution is -2.50. The number of nitrogens with zero attached hydrogens (tertiary/aromatic N) is 2. The van der Waals surface area contributed by atoms with Crippen molar-refractivity contribution >= 4 is 15.9 Å². The molecule has 2 heterocycles. The number of sulfonamides is 1. The van der Waals surface area contributed by atoms with Crippen LogP contribution < -0.4 is 4.74 Å². The summed E-state index contributed by atoms with van der Waals surface area (Å²) in [5, 5.41) is 0. The smallest absolute Gasteiger partial charge is 0.289 e. The van der Waals surface area contributed by atoms with Gasteiger partial charge in [-0.25, -0.2) is 12.8 Å². The topological polar surface area (TPSA) is 80.1 Å².